The molecule has 1 rings (SSSR count). The van der Waals surface area contributed by atoms with Gasteiger partial charge >= 0.3 is 0 Å². The second-order valence-electron chi connectivity index (χ2n) is 5.80. The maximum absolute atomic E-state index is 12.5. The Hall–Kier alpha value is 0.180. The van der Waals surface area contributed by atoms with Crippen LogP contribution in [0.25, 0.3) is 0 Å². The van der Waals surface area contributed by atoms with Gasteiger partial charge in [0.15, 0.2) is 0 Å². The van der Waals surface area contributed by atoms with Gasteiger partial charge in [0.2, 0.25) is 0 Å². The van der Waals surface area contributed by atoms with Gasteiger partial charge in [0.25, 0.3) is 10.2 Å². The van der Waals surface area contributed by atoms with E-state index in [4.69, 9.17) is 0 Å². The summed E-state index contributed by atoms with van der Waals surface area (Å²) in [5.41, 5.74) is 0. The van der Waals surface area contributed by atoms with E-state index in [1.807, 2.05) is 13.2 Å². The van der Waals surface area contributed by atoms with Crippen molar-refractivity contribution >= 4 is 22.0 Å². The van der Waals surface area contributed by atoms with E-state index in [9.17, 15) is 8.42 Å². The summed E-state index contributed by atoms with van der Waals surface area (Å²) in [6.45, 7) is 7.45. The third-order valence-corrected chi connectivity index (χ3v) is 6.04. The van der Waals surface area contributed by atoms with Crippen LogP contribution in [0.2, 0.25) is 0 Å². The lowest BCUT2D eigenvalue weighted by atomic mass is 10.0. The molecule has 5 nitrogen and oxygen atoms in total. The number of nitrogens with one attached hydrogen (secondary N) is 2. The number of nitrogens with zero attached hydrogens (tertiary/aromatic N) is 1. The van der Waals surface area contributed by atoms with Crippen molar-refractivity contribution in [1.29, 1.82) is 0 Å². The third-order valence-electron chi connectivity index (χ3n) is 3.41. The van der Waals surface area contributed by atoms with Crippen LogP contribution in [0.4, 0.5) is 0 Å². The minimum Gasteiger partial charge on any atom is -0.313 e. The summed E-state index contributed by atoms with van der Waals surface area (Å²) >= 11 is 1.65. The molecule has 0 aromatic heterocycles. The molecule has 0 amide bonds. The van der Waals surface area contributed by atoms with Crippen molar-refractivity contribution in [3.8, 4) is 0 Å². The van der Waals surface area contributed by atoms with Gasteiger partial charge in [-0.05, 0) is 26.0 Å². The SMILES string of the molecule is CSCC(C)NS(=O)(=O)N1CCCCC1CNC(C)C. The molecule has 2 unspecified atom stereocenters. The molecule has 0 saturated carbocycles. The summed E-state index contributed by atoms with van der Waals surface area (Å²) in [5.74, 6) is 0.794. The first-order valence-corrected chi connectivity index (χ1v) is 10.2. The maximum atomic E-state index is 12.5. The Morgan fingerprint density at radius 1 is 1.30 bits per heavy atom. The molecule has 1 aliphatic heterocycles. The molecule has 7 heteroatoms. The van der Waals surface area contributed by atoms with Crippen molar-refractivity contribution < 1.29 is 8.42 Å². The number of hydrogen-bond donors (Lipinski definition) is 2. The average molecular weight is 324 g/mol. The predicted octanol–water partition coefficient (Wildman–Crippen LogP) is 1.42. The van der Waals surface area contributed by atoms with E-state index in [1.165, 1.54) is 0 Å². The smallest absolute Gasteiger partial charge is 0.280 e. The van der Waals surface area contributed by atoms with Crippen molar-refractivity contribution in [3.63, 3.8) is 0 Å². The molecule has 1 heterocycles. The van der Waals surface area contributed by atoms with Crippen molar-refractivity contribution in [1.82, 2.24) is 14.3 Å². The van der Waals surface area contributed by atoms with Crippen LogP contribution in [-0.4, -0.2) is 55.9 Å². The van der Waals surface area contributed by atoms with Gasteiger partial charge < -0.3 is 5.32 Å². The molecule has 0 aliphatic carbocycles. The van der Waals surface area contributed by atoms with Crippen LogP contribution in [0.5, 0.6) is 0 Å². The Kier molecular flexibility index (Phi) is 7.82. The monoisotopic (exact) mass is 323 g/mol. The van der Waals surface area contributed by atoms with Gasteiger partial charge in [0, 0.05) is 37.0 Å². The highest BCUT2D eigenvalue weighted by Crippen LogP contribution is 2.20. The van der Waals surface area contributed by atoms with Crippen molar-refractivity contribution in [2.24, 2.45) is 0 Å². The molecule has 2 atom stereocenters. The molecule has 120 valence electrons. The van der Waals surface area contributed by atoms with Crippen LogP contribution in [0.15, 0.2) is 0 Å². The topological polar surface area (TPSA) is 61.4 Å². The third kappa shape index (κ3) is 5.89. The van der Waals surface area contributed by atoms with Crippen LogP contribution < -0.4 is 10.0 Å². The highest BCUT2D eigenvalue weighted by Gasteiger charge is 2.32. The Morgan fingerprint density at radius 3 is 2.60 bits per heavy atom. The summed E-state index contributed by atoms with van der Waals surface area (Å²) in [6.07, 6.45) is 4.99. The lowest BCUT2D eigenvalue weighted by molar-refractivity contribution is 0.238. The van der Waals surface area contributed by atoms with Gasteiger partial charge in [0.1, 0.15) is 0 Å². The van der Waals surface area contributed by atoms with Gasteiger partial charge in [-0.3, -0.25) is 0 Å². The second-order valence-corrected chi connectivity index (χ2v) is 8.37. The molecule has 0 spiro atoms. The number of thioether (sulfide) groups is 1. The maximum Gasteiger partial charge on any atom is 0.280 e. The van der Waals surface area contributed by atoms with Gasteiger partial charge in [0.05, 0.1) is 0 Å². The molecule has 20 heavy (non-hydrogen) atoms. The summed E-state index contributed by atoms with van der Waals surface area (Å²) < 4.78 is 29.5. The molecular formula is C13H29N3O2S2. The lowest BCUT2D eigenvalue weighted by Gasteiger charge is -2.35. The van der Waals surface area contributed by atoms with E-state index in [1.54, 1.807) is 16.1 Å². The normalized spacial score (nSPS) is 23.1. The molecule has 1 saturated heterocycles. The van der Waals surface area contributed by atoms with E-state index in [0.717, 1.165) is 31.6 Å². The minimum atomic E-state index is -3.37. The van der Waals surface area contributed by atoms with Crippen LogP contribution in [0.3, 0.4) is 0 Å². The molecule has 1 aliphatic rings. The number of hydrogen-bond acceptors (Lipinski definition) is 4. The Morgan fingerprint density at radius 2 is 2.00 bits per heavy atom. The second kappa shape index (κ2) is 8.58. The Bertz CT molecular complexity index is 374. The van der Waals surface area contributed by atoms with Gasteiger partial charge in [-0.1, -0.05) is 20.3 Å². The molecule has 0 bridgehead atoms. The summed E-state index contributed by atoms with van der Waals surface area (Å²) in [4.78, 5) is 0. The largest absolute Gasteiger partial charge is 0.313 e. The van der Waals surface area contributed by atoms with Crippen molar-refractivity contribution in [2.45, 2.75) is 58.2 Å². The first kappa shape index (κ1) is 18.2. The van der Waals surface area contributed by atoms with E-state index in [0.29, 0.717) is 12.6 Å². The first-order chi connectivity index (χ1) is 9.36. The summed E-state index contributed by atoms with van der Waals surface area (Å²) in [6, 6.07) is 0.422. The number of rotatable bonds is 8. The Balaban J connectivity index is 2.67. The van der Waals surface area contributed by atoms with Crippen LogP contribution >= 0.6 is 11.8 Å². The van der Waals surface area contributed by atoms with Gasteiger partial charge in [-0.15, -0.1) is 0 Å². The molecule has 0 aromatic carbocycles. The fourth-order valence-electron chi connectivity index (χ4n) is 2.47. The fourth-order valence-corrected chi connectivity index (χ4v) is 4.83. The summed E-state index contributed by atoms with van der Waals surface area (Å²) in [7, 11) is -3.37. The minimum absolute atomic E-state index is 0.0318. The lowest BCUT2D eigenvalue weighted by Crippen LogP contribution is -2.54. The van der Waals surface area contributed by atoms with Crippen molar-refractivity contribution in [3.05, 3.63) is 0 Å². The molecule has 2 N–H and O–H groups in total. The standard InChI is InChI=1S/C13H29N3O2S2/c1-11(2)14-9-13-7-5-6-8-16(13)20(17,18)15-12(3)10-19-4/h11-15H,5-10H2,1-4H3. The van der Waals surface area contributed by atoms with Crippen LogP contribution in [-0.2, 0) is 10.2 Å². The van der Waals surface area contributed by atoms with Crippen molar-refractivity contribution in [2.75, 3.05) is 25.1 Å². The fraction of sp³-hybridized carbons (Fsp3) is 1.00. The van der Waals surface area contributed by atoms with Gasteiger partial charge in [-0.25, -0.2) is 0 Å². The van der Waals surface area contributed by atoms with E-state index in [2.05, 4.69) is 23.9 Å². The van der Waals surface area contributed by atoms with E-state index < -0.39 is 10.2 Å². The Labute approximate surface area is 128 Å². The van der Waals surface area contributed by atoms with Gasteiger partial charge in [-0.2, -0.15) is 29.2 Å². The van der Waals surface area contributed by atoms with Crippen LogP contribution in [0.1, 0.15) is 40.0 Å². The van der Waals surface area contributed by atoms with E-state index in [-0.39, 0.29) is 12.1 Å². The molecule has 0 aromatic rings. The molecule has 1 fully saturated rings. The first-order valence-electron chi connectivity index (χ1n) is 7.38. The zero-order chi connectivity index (χ0) is 15.2. The summed E-state index contributed by atoms with van der Waals surface area (Å²) in [5, 5.41) is 3.36. The number of piperidine rings is 1. The predicted molar refractivity (Wildman–Crippen MR) is 87.4 cm³/mol. The average Bonchev–Trinajstić information content (AvgIpc) is 2.36. The molecular weight excluding hydrogens is 294 g/mol. The highest BCUT2D eigenvalue weighted by atomic mass is 32.2. The zero-order valence-corrected chi connectivity index (χ0v) is 14.7. The van der Waals surface area contributed by atoms with E-state index >= 15 is 0 Å². The molecule has 0 radical (unpaired) electrons. The van der Waals surface area contributed by atoms with Crippen LogP contribution in [0, 0.1) is 0 Å². The zero-order valence-electron chi connectivity index (χ0n) is 13.1. The highest BCUT2D eigenvalue weighted by molar-refractivity contribution is 7.98. The quantitative estimate of drug-likeness (QED) is 0.709.